The van der Waals surface area contributed by atoms with E-state index in [4.69, 9.17) is 10.6 Å². The lowest BCUT2D eigenvalue weighted by atomic mass is 10.2. The number of hydrogen-bond acceptors (Lipinski definition) is 4. The van der Waals surface area contributed by atoms with Gasteiger partial charge < -0.3 is 4.74 Å². The maximum absolute atomic E-state index is 5.56. The molecule has 0 saturated heterocycles. The van der Waals surface area contributed by atoms with Gasteiger partial charge in [0.05, 0.1) is 10.4 Å². The number of nitrogens with one attached hydrogen (secondary N) is 1. The maximum Gasteiger partial charge on any atom is 0.116 e. The first-order chi connectivity index (χ1) is 7.22. The van der Waals surface area contributed by atoms with Gasteiger partial charge in [0.15, 0.2) is 0 Å². The minimum Gasteiger partial charge on any atom is -0.496 e. The molecule has 1 aliphatic rings. The van der Waals surface area contributed by atoms with Gasteiger partial charge in [0.1, 0.15) is 11.8 Å². The molecular formula is C10H13BrN2OS. The van der Waals surface area contributed by atoms with Gasteiger partial charge in [-0.2, -0.15) is 0 Å². The number of hydrogen-bond donors (Lipinski definition) is 2. The van der Waals surface area contributed by atoms with Crippen molar-refractivity contribution in [3.05, 3.63) is 32.1 Å². The molecule has 1 unspecified atom stereocenters. The Bertz CT molecular complexity index is 369. The van der Waals surface area contributed by atoms with E-state index in [9.17, 15) is 0 Å². The van der Waals surface area contributed by atoms with Gasteiger partial charge in [-0.1, -0.05) is 0 Å². The highest BCUT2D eigenvalue weighted by Crippen LogP contribution is 2.35. The fraction of sp³-hybridized carbons (Fsp3) is 0.400. The molecule has 0 aromatic carbocycles. The number of nitrogens with two attached hydrogens (primary N) is 1. The first-order valence-electron chi connectivity index (χ1n) is 4.77. The topological polar surface area (TPSA) is 47.3 Å². The zero-order valence-corrected chi connectivity index (χ0v) is 10.8. The van der Waals surface area contributed by atoms with Crippen molar-refractivity contribution in [2.75, 3.05) is 6.61 Å². The lowest BCUT2D eigenvalue weighted by molar-refractivity contribution is 0.216. The van der Waals surface area contributed by atoms with Crippen molar-refractivity contribution in [1.82, 2.24) is 5.43 Å². The molecule has 0 spiro atoms. The molecule has 1 aromatic heterocycles. The van der Waals surface area contributed by atoms with Gasteiger partial charge in [-0.15, -0.1) is 11.3 Å². The van der Waals surface area contributed by atoms with Crippen molar-refractivity contribution in [2.45, 2.75) is 19.4 Å². The molecular weight excluding hydrogens is 276 g/mol. The van der Waals surface area contributed by atoms with Gasteiger partial charge in [0.2, 0.25) is 0 Å². The van der Waals surface area contributed by atoms with Crippen LogP contribution in [0.5, 0.6) is 0 Å². The summed E-state index contributed by atoms with van der Waals surface area (Å²) >= 11 is 5.20. The van der Waals surface area contributed by atoms with Crippen LogP contribution in [0.4, 0.5) is 0 Å². The Kier molecular flexibility index (Phi) is 3.45. The van der Waals surface area contributed by atoms with Crippen LogP contribution < -0.4 is 11.3 Å². The van der Waals surface area contributed by atoms with Crippen LogP contribution in [0, 0.1) is 6.92 Å². The molecule has 0 amide bonds. The Labute approximate surface area is 101 Å². The lowest BCUT2D eigenvalue weighted by Gasteiger charge is -2.15. The van der Waals surface area contributed by atoms with Gasteiger partial charge in [-0.25, -0.2) is 5.43 Å². The number of ether oxygens (including phenoxy) is 1. The highest BCUT2D eigenvalue weighted by atomic mass is 79.9. The SMILES string of the molecule is Cc1cc(C(NN)C2=CCCO2)sc1Br. The van der Waals surface area contributed by atoms with Crippen LogP contribution in [0.2, 0.25) is 0 Å². The summed E-state index contributed by atoms with van der Waals surface area (Å²) in [6.07, 6.45) is 3.06. The van der Waals surface area contributed by atoms with E-state index in [1.54, 1.807) is 11.3 Å². The lowest BCUT2D eigenvalue weighted by Crippen LogP contribution is -2.29. The van der Waals surface area contributed by atoms with Gasteiger partial charge in [-0.3, -0.25) is 5.84 Å². The Hall–Kier alpha value is -0.360. The molecule has 1 atom stereocenters. The van der Waals surface area contributed by atoms with Crippen LogP contribution in [0.1, 0.15) is 22.9 Å². The summed E-state index contributed by atoms with van der Waals surface area (Å²) in [5.74, 6) is 6.50. The van der Waals surface area contributed by atoms with Crippen molar-refractivity contribution in [2.24, 2.45) is 5.84 Å². The Morgan fingerprint density at radius 1 is 1.67 bits per heavy atom. The number of halogens is 1. The second kappa shape index (κ2) is 4.65. The van der Waals surface area contributed by atoms with Crippen LogP contribution in [-0.2, 0) is 4.74 Å². The second-order valence-corrected chi connectivity index (χ2v) is 5.85. The quantitative estimate of drug-likeness (QED) is 0.664. The molecule has 15 heavy (non-hydrogen) atoms. The van der Waals surface area contributed by atoms with Crippen molar-refractivity contribution in [1.29, 1.82) is 0 Å². The molecule has 3 N–H and O–H groups in total. The molecule has 82 valence electrons. The minimum absolute atomic E-state index is 0.0116. The first kappa shape index (κ1) is 11.1. The third-order valence-corrected chi connectivity index (χ3v) is 4.55. The van der Waals surface area contributed by atoms with Crippen molar-refractivity contribution >= 4 is 27.3 Å². The van der Waals surface area contributed by atoms with E-state index in [2.05, 4.69) is 40.4 Å². The minimum atomic E-state index is -0.0116. The molecule has 0 bridgehead atoms. The van der Waals surface area contributed by atoms with Crippen molar-refractivity contribution in [3.8, 4) is 0 Å². The molecule has 1 aliphatic heterocycles. The number of thiophene rings is 1. The summed E-state index contributed by atoms with van der Waals surface area (Å²) in [5, 5.41) is 0. The predicted molar refractivity (Wildman–Crippen MR) is 65.5 cm³/mol. The first-order valence-corrected chi connectivity index (χ1v) is 6.38. The summed E-state index contributed by atoms with van der Waals surface area (Å²) in [5.41, 5.74) is 4.03. The summed E-state index contributed by atoms with van der Waals surface area (Å²) in [6.45, 7) is 2.83. The number of aryl methyl sites for hydroxylation is 1. The van der Waals surface area contributed by atoms with E-state index in [1.807, 2.05) is 0 Å². The summed E-state index contributed by atoms with van der Waals surface area (Å²) in [7, 11) is 0. The molecule has 2 heterocycles. The highest BCUT2D eigenvalue weighted by Gasteiger charge is 2.21. The maximum atomic E-state index is 5.56. The third kappa shape index (κ3) is 2.25. The Morgan fingerprint density at radius 2 is 2.47 bits per heavy atom. The molecule has 5 heteroatoms. The highest BCUT2D eigenvalue weighted by molar-refractivity contribution is 9.11. The van der Waals surface area contributed by atoms with Gasteiger partial charge >= 0.3 is 0 Å². The predicted octanol–water partition coefficient (Wildman–Crippen LogP) is 2.63. The van der Waals surface area contributed by atoms with Crippen LogP contribution in [0.15, 0.2) is 21.7 Å². The van der Waals surface area contributed by atoms with E-state index in [-0.39, 0.29) is 6.04 Å². The smallest absolute Gasteiger partial charge is 0.116 e. The monoisotopic (exact) mass is 288 g/mol. The molecule has 0 radical (unpaired) electrons. The Morgan fingerprint density at radius 3 is 2.93 bits per heavy atom. The van der Waals surface area contributed by atoms with Gasteiger partial charge in [0.25, 0.3) is 0 Å². The van der Waals surface area contributed by atoms with E-state index >= 15 is 0 Å². The molecule has 0 saturated carbocycles. The molecule has 3 nitrogen and oxygen atoms in total. The van der Waals surface area contributed by atoms with E-state index in [0.29, 0.717) is 0 Å². The Balaban J connectivity index is 2.26. The van der Waals surface area contributed by atoms with E-state index in [1.165, 1.54) is 10.4 Å². The van der Waals surface area contributed by atoms with E-state index < -0.39 is 0 Å². The van der Waals surface area contributed by atoms with Crippen molar-refractivity contribution in [3.63, 3.8) is 0 Å². The summed E-state index contributed by atoms with van der Waals surface area (Å²) < 4.78 is 6.67. The van der Waals surface area contributed by atoms with Crippen LogP contribution >= 0.6 is 27.3 Å². The largest absolute Gasteiger partial charge is 0.496 e. The van der Waals surface area contributed by atoms with Crippen LogP contribution in [-0.4, -0.2) is 6.61 Å². The normalized spacial score (nSPS) is 17.4. The second-order valence-electron chi connectivity index (χ2n) is 3.45. The third-order valence-electron chi connectivity index (χ3n) is 2.34. The summed E-state index contributed by atoms with van der Waals surface area (Å²) in [6, 6.07) is 2.12. The fourth-order valence-electron chi connectivity index (χ4n) is 1.57. The fourth-order valence-corrected chi connectivity index (χ4v) is 3.21. The standard InChI is InChI=1S/C10H13BrN2OS/c1-6-5-8(15-10(6)11)9(13-12)7-3-2-4-14-7/h3,5,9,13H,2,4,12H2,1H3. The average Bonchev–Trinajstić information content (AvgIpc) is 2.80. The van der Waals surface area contributed by atoms with Crippen molar-refractivity contribution < 1.29 is 4.74 Å². The average molecular weight is 289 g/mol. The molecule has 0 fully saturated rings. The number of hydrazine groups is 1. The molecule has 0 aliphatic carbocycles. The molecule has 1 aromatic rings. The zero-order chi connectivity index (χ0) is 10.8. The van der Waals surface area contributed by atoms with Crippen LogP contribution in [0.3, 0.4) is 0 Å². The summed E-state index contributed by atoms with van der Waals surface area (Å²) in [4.78, 5) is 1.18. The van der Waals surface area contributed by atoms with Crippen LogP contribution in [0.25, 0.3) is 0 Å². The number of rotatable bonds is 3. The molecule has 2 rings (SSSR count). The van der Waals surface area contributed by atoms with Gasteiger partial charge in [0, 0.05) is 11.3 Å². The van der Waals surface area contributed by atoms with Gasteiger partial charge in [-0.05, 0) is 40.6 Å². The zero-order valence-electron chi connectivity index (χ0n) is 8.42. The van der Waals surface area contributed by atoms with E-state index in [0.717, 1.165) is 22.6 Å².